The maximum Gasteiger partial charge on any atom is 0.345 e. The van der Waals surface area contributed by atoms with Gasteiger partial charge in [-0.1, -0.05) is 12.1 Å². The number of amides is 1. The van der Waals surface area contributed by atoms with Gasteiger partial charge in [0.1, 0.15) is 11.6 Å². The molecule has 1 aromatic carbocycles. The fourth-order valence-electron chi connectivity index (χ4n) is 4.12. The third kappa shape index (κ3) is 4.01. The zero-order valence-corrected chi connectivity index (χ0v) is 15.9. The van der Waals surface area contributed by atoms with Crippen LogP contribution in [0.1, 0.15) is 41.9 Å². The number of benzene rings is 1. The molecule has 2 aromatic rings. The number of fused-ring (bicyclic) bond motifs is 1. The van der Waals surface area contributed by atoms with Crippen molar-refractivity contribution in [3.8, 4) is 0 Å². The molecule has 3 heterocycles. The lowest BCUT2D eigenvalue weighted by Crippen LogP contribution is -2.48. The summed E-state index contributed by atoms with van der Waals surface area (Å²) in [7, 11) is 0. The number of piperidine rings is 1. The van der Waals surface area contributed by atoms with Crippen molar-refractivity contribution in [1.29, 1.82) is 0 Å². The Labute approximate surface area is 163 Å². The van der Waals surface area contributed by atoms with Crippen LogP contribution >= 0.6 is 0 Å². The van der Waals surface area contributed by atoms with Crippen molar-refractivity contribution >= 4 is 5.91 Å². The highest BCUT2D eigenvalue weighted by molar-refractivity contribution is 5.94. The molecule has 1 N–H and O–H groups in total. The first-order valence-electron chi connectivity index (χ1n) is 10.1. The van der Waals surface area contributed by atoms with Crippen molar-refractivity contribution in [1.82, 2.24) is 24.6 Å². The van der Waals surface area contributed by atoms with Crippen molar-refractivity contribution in [3.63, 3.8) is 0 Å². The first kappa shape index (κ1) is 18.9. The lowest BCUT2D eigenvalue weighted by molar-refractivity contribution is 0.0897. The number of nitrogens with one attached hydrogen (secondary N) is 1. The van der Waals surface area contributed by atoms with E-state index in [9.17, 15) is 14.0 Å². The second-order valence-corrected chi connectivity index (χ2v) is 7.62. The Morgan fingerprint density at radius 3 is 2.86 bits per heavy atom. The van der Waals surface area contributed by atoms with Gasteiger partial charge in [-0.05, 0) is 44.4 Å². The fraction of sp³-hybridized carbons (Fsp3) is 0.550. The Morgan fingerprint density at radius 2 is 2.04 bits per heavy atom. The first-order valence-corrected chi connectivity index (χ1v) is 10.1. The molecule has 0 saturated carbocycles. The van der Waals surface area contributed by atoms with Gasteiger partial charge in [-0.15, -0.1) is 0 Å². The summed E-state index contributed by atoms with van der Waals surface area (Å²) in [6, 6.07) is 6.01. The van der Waals surface area contributed by atoms with Crippen LogP contribution in [-0.4, -0.2) is 50.8 Å². The van der Waals surface area contributed by atoms with E-state index in [-0.39, 0.29) is 23.2 Å². The lowest BCUT2D eigenvalue weighted by atomic mass is 10.0. The minimum absolute atomic E-state index is 0.0175. The number of hydrogen-bond donors (Lipinski definition) is 1. The molecule has 7 nitrogen and oxygen atoms in total. The van der Waals surface area contributed by atoms with Crippen LogP contribution in [-0.2, 0) is 19.5 Å². The average Bonchev–Trinajstić information content (AvgIpc) is 3.03. The van der Waals surface area contributed by atoms with Crippen LogP contribution in [0.15, 0.2) is 29.1 Å². The first-order chi connectivity index (χ1) is 13.6. The van der Waals surface area contributed by atoms with E-state index in [0.29, 0.717) is 19.6 Å². The molecule has 2 aliphatic rings. The number of rotatable bonds is 5. The third-order valence-electron chi connectivity index (χ3n) is 5.62. The minimum atomic E-state index is -0.504. The van der Waals surface area contributed by atoms with Crippen molar-refractivity contribution in [2.75, 3.05) is 19.6 Å². The van der Waals surface area contributed by atoms with Gasteiger partial charge in [0.05, 0.1) is 12.1 Å². The normalized spacial score (nSPS) is 20.0. The molecule has 0 spiro atoms. The molecule has 150 valence electrons. The number of likely N-dealkylation sites (tertiary alicyclic amines) is 1. The van der Waals surface area contributed by atoms with Crippen LogP contribution in [0, 0.1) is 5.82 Å². The molecule has 0 radical (unpaired) electrons. The summed E-state index contributed by atoms with van der Waals surface area (Å²) in [5, 5.41) is 7.43. The second kappa shape index (κ2) is 8.26. The summed E-state index contributed by atoms with van der Waals surface area (Å²) >= 11 is 0. The number of hydrogen-bond acceptors (Lipinski definition) is 4. The molecule has 0 aliphatic carbocycles. The number of aromatic nitrogens is 3. The van der Waals surface area contributed by atoms with Crippen LogP contribution in [0.25, 0.3) is 0 Å². The topological polar surface area (TPSA) is 72.2 Å². The lowest BCUT2D eigenvalue weighted by Gasteiger charge is -2.33. The minimum Gasteiger partial charge on any atom is -0.348 e. The highest BCUT2D eigenvalue weighted by Gasteiger charge is 2.23. The Balaban J connectivity index is 1.33. The van der Waals surface area contributed by atoms with Gasteiger partial charge in [0.15, 0.2) is 0 Å². The molecule has 8 heteroatoms. The van der Waals surface area contributed by atoms with Gasteiger partial charge in [-0.25, -0.2) is 13.9 Å². The zero-order valence-electron chi connectivity index (χ0n) is 15.9. The molecule has 2 aliphatic heterocycles. The van der Waals surface area contributed by atoms with Crippen LogP contribution in [0.2, 0.25) is 0 Å². The Bertz CT molecular complexity index is 906. The molecule has 1 unspecified atom stereocenters. The van der Waals surface area contributed by atoms with E-state index >= 15 is 0 Å². The van der Waals surface area contributed by atoms with E-state index in [2.05, 4.69) is 15.3 Å². The van der Waals surface area contributed by atoms with Crippen molar-refractivity contribution in [2.24, 2.45) is 0 Å². The number of nitrogens with zero attached hydrogens (tertiary/aromatic N) is 4. The van der Waals surface area contributed by atoms with Gasteiger partial charge in [0.2, 0.25) is 0 Å². The molecule has 1 atom stereocenters. The summed E-state index contributed by atoms with van der Waals surface area (Å²) in [5.41, 5.74) is 0.0610. The van der Waals surface area contributed by atoms with Crippen LogP contribution in [0.5, 0.6) is 0 Å². The SMILES string of the molecule is O=C(NC1CCCN(CCn2nc3n(c2=O)CCCC3)C1)c1ccccc1F. The van der Waals surface area contributed by atoms with Crippen LogP contribution in [0.3, 0.4) is 0 Å². The van der Waals surface area contributed by atoms with Crippen molar-refractivity contribution in [2.45, 2.75) is 51.2 Å². The molecular formula is C20H26FN5O2. The van der Waals surface area contributed by atoms with Crippen LogP contribution in [0.4, 0.5) is 4.39 Å². The number of carbonyl (C=O) groups excluding carboxylic acids is 1. The predicted molar refractivity (Wildman–Crippen MR) is 103 cm³/mol. The van der Waals surface area contributed by atoms with Gasteiger partial charge in [-0.3, -0.25) is 14.3 Å². The van der Waals surface area contributed by atoms with Crippen molar-refractivity contribution < 1.29 is 9.18 Å². The fourth-order valence-corrected chi connectivity index (χ4v) is 4.12. The molecule has 1 aromatic heterocycles. The quantitative estimate of drug-likeness (QED) is 0.842. The molecule has 1 fully saturated rings. The third-order valence-corrected chi connectivity index (χ3v) is 5.62. The number of halogens is 1. The monoisotopic (exact) mass is 387 g/mol. The summed E-state index contributed by atoms with van der Waals surface area (Å²) < 4.78 is 17.2. The van der Waals surface area contributed by atoms with Gasteiger partial charge in [0.25, 0.3) is 5.91 Å². The van der Waals surface area contributed by atoms with Gasteiger partial charge < -0.3 is 5.32 Å². The molecule has 1 saturated heterocycles. The van der Waals surface area contributed by atoms with Crippen LogP contribution < -0.4 is 11.0 Å². The van der Waals surface area contributed by atoms with E-state index in [0.717, 1.165) is 51.0 Å². The van der Waals surface area contributed by atoms with E-state index in [1.165, 1.54) is 12.1 Å². The average molecular weight is 387 g/mol. The smallest absolute Gasteiger partial charge is 0.345 e. The summed E-state index contributed by atoms with van der Waals surface area (Å²) in [5.74, 6) is 0.0173. The van der Waals surface area contributed by atoms with E-state index in [1.807, 2.05) is 0 Å². The summed E-state index contributed by atoms with van der Waals surface area (Å²) in [6.07, 6.45) is 4.82. The Kier molecular flexibility index (Phi) is 5.57. The number of aryl methyl sites for hydroxylation is 1. The molecule has 1 amide bonds. The Hall–Kier alpha value is -2.48. The van der Waals surface area contributed by atoms with Gasteiger partial charge >= 0.3 is 5.69 Å². The molecule has 28 heavy (non-hydrogen) atoms. The predicted octanol–water partition coefficient (Wildman–Crippen LogP) is 1.41. The van der Waals surface area contributed by atoms with Gasteiger partial charge in [-0.2, -0.15) is 5.10 Å². The van der Waals surface area contributed by atoms with Crippen molar-refractivity contribution in [3.05, 3.63) is 52.0 Å². The molecular weight excluding hydrogens is 361 g/mol. The summed E-state index contributed by atoms with van der Waals surface area (Å²) in [6.45, 7) is 3.65. The Morgan fingerprint density at radius 1 is 1.18 bits per heavy atom. The second-order valence-electron chi connectivity index (χ2n) is 7.62. The molecule has 0 bridgehead atoms. The van der Waals surface area contributed by atoms with Gasteiger partial charge in [0, 0.05) is 32.1 Å². The van der Waals surface area contributed by atoms with E-state index < -0.39 is 5.82 Å². The zero-order chi connectivity index (χ0) is 19.5. The van der Waals surface area contributed by atoms with E-state index in [1.54, 1.807) is 21.4 Å². The maximum absolute atomic E-state index is 13.8. The highest BCUT2D eigenvalue weighted by atomic mass is 19.1. The summed E-state index contributed by atoms with van der Waals surface area (Å²) in [4.78, 5) is 27.0. The van der Waals surface area contributed by atoms with E-state index in [4.69, 9.17) is 0 Å². The number of carbonyl (C=O) groups is 1. The standard InChI is InChI=1S/C20H26FN5O2/c21-17-8-2-1-7-16(17)19(27)22-15-6-5-10-24(14-15)12-13-26-20(28)25-11-4-3-9-18(25)23-26/h1-2,7-8,15H,3-6,9-14H2,(H,22,27). The maximum atomic E-state index is 13.8. The largest absolute Gasteiger partial charge is 0.348 e. The highest BCUT2D eigenvalue weighted by Crippen LogP contribution is 2.13. The molecule has 4 rings (SSSR count).